The highest BCUT2D eigenvalue weighted by Gasteiger charge is 2.08. The molecule has 0 aromatic heterocycles. The van der Waals surface area contributed by atoms with Gasteiger partial charge >= 0.3 is 0 Å². The molecule has 0 aromatic rings. The molecule has 0 aliphatic heterocycles. The molecule has 0 aliphatic carbocycles. The smallest absolute Gasteiger partial charge is 0.0431 e. The van der Waals surface area contributed by atoms with Crippen LogP contribution in [0.15, 0.2) is 0 Å². The zero-order chi connectivity index (χ0) is 18.4. The van der Waals surface area contributed by atoms with E-state index in [4.69, 9.17) is 5.11 Å². The average molecular weight is 355 g/mol. The molecule has 0 fully saturated rings. The van der Waals surface area contributed by atoms with Gasteiger partial charge in [0, 0.05) is 6.61 Å². The van der Waals surface area contributed by atoms with E-state index < -0.39 is 0 Å². The molecule has 0 saturated carbocycles. The molecule has 1 nitrogen and oxygen atoms in total. The van der Waals surface area contributed by atoms with Crippen molar-refractivity contribution in [3.8, 4) is 0 Å². The summed E-state index contributed by atoms with van der Waals surface area (Å²) in [7, 11) is 0. The summed E-state index contributed by atoms with van der Waals surface area (Å²) in [5, 5.41) is 8.77. The van der Waals surface area contributed by atoms with Crippen LogP contribution in [0, 0.1) is 5.92 Å². The Kier molecular flexibility index (Phi) is 22.0. The minimum absolute atomic E-state index is 0.373. The maximum Gasteiger partial charge on any atom is 0.0431 e. The van der Waals surface area contributed by atoms with E-state index in [2.05, 4.69) is 13.8 Å². The summed E-state index contributed by atoms with van der Waals surface area (Å²) in [6.07, 6.45) is 28.0. The van der Waals surface area contributed by atoms with Crippen LogP contribution in [0.1, 0.15) is 142 Å². The van der Waals surface area contributed by atoms with Crippen LogP contribution in [0.25, 0.3) is 0 Å². The lowest BCUT2D eigenvalue weighted by Gasteiger charge is -2.17. The minimum atomic E-state index is 0.373. The molecule has 0 aliphatic rings. The Morgan fingerprint density at radius 3 is 1.12 bits per heavy atom. The summed E-state index contributed by atoms with van der Waals surface area (Å²) in [6.45, 7) is 5.00. The zero-order valence-electron chi connectivity index (χ0n) is 17.9. The fourth-order valence-electron chi connectivity index (χ4n) is 3.93. The van der Waals surface area contributed by atoms with Crippen molar-refractivity contribution >= 4 is 0 Å². The molecule has 0 rings (SSSR count). The zero-order valence-corrected chi connectivity index (χ0v) is 17.9. The third-order valence-electron chi connectivity index (χ3n) is 5.70. The van der Waals surface area contributed by atoms with Crippen molar-refractivity contribution in [3.63, 3.8) is 0 Å². The van der Waals surface area contributed by atoms with Gasteiger partial charge in [0.05, 0.1) is 0 Å². The van der Waals surface area contributed by atoms with E-state index in [1.54, 1.807) is 0 Å². The van der Waals surface area contributed by atoms with E-state index in [0.29, 0.717) is 6.61 Å². The molecule has 25 heavy (non-hydrogen) atoms. The van der Waals surface area contributed by atoms with Crippen molar-refractivity contribution in [2.45, 2.75) is 142 Å². The molecule has 0 unspecified atom stereocenters. The molecule has 0 atom stereocenters. The van der Waals surface area contributed by atoms with E-state index >= 15 is 0 Å². The number of hydrogen-bond acceptors (Lipinski definition) is 1. The molecule has 0 heterocycles. The van der Waals surface area contributed by atoms with Crippen LogP contribution in [0.5, 0.6) is 0 Å². The molecule has 1 heteroatoms. The molecule has 0 radical (unpaired) electrons. The second kappa shape index (κ2) is 22.0. The summed E-state index contributed by atoms with van der Waals surface area (Å²) in [5.41, 5.74) is 0. The minimum Gasteiger partial charge on any atom is -0.396 e. The second-order valence-electron chi connectivity index (χ2n) is 8.26. The first-order valence-electron chi connectivity index (χ1n) is 12.0. The van der Waals surface area contributed by atoms with Gasteiger partial charge in [-0.3, -0.25) is 0 Å². The van der Waals surface area contributed by atoms with Gasteiger partial charge in [0.1, 0.15) is 0 Å². The number of hydrogen-bond donors (Lipinski definition) is 1. The Labute approximate surface area is 160 Å². The Morgan fingerprint density at radius 1 is 0.440 bits per heavy atom. The molecule has 0 spiro atoms. The fourth-order valence-corrected chi connectivity index (χ4v) is 3.93. The van der Waals surface area contributed by atoms with Gasteiger partial charge in [0.2, 0.25) is 0 Å². The molecule has 0 amide bonds. The van der Waals surface area contributed by atoms with E-state index in [0.717, 1.165) is 12.3 Å². The molecule has 0 bridgehead atoms. The van der Waals surface area contributed by atoms with Crippen LogP contribution in [0.2, 0.25) is 0 Å². The quantitative estimate of drug-likeness (QED) is 0.205. The largest absolute Gasteiger partial charge is 0.396 e. The maximum atomic E-state index is 8.77. The summed E-state index contributed by atoms with van der Waals surface area (Å²) in [5.74, 6) is 1.02. The Morgan fingerprint density at radius 2 is 0.760 bits per heavy atom. The predicted octanol–water partition coefficient (Wildman–Crippen LogP) is 8.44. The molecule has 1 N–H and O–H groups in total. The normalized spacial score (nSPS) is 11.5. The average Bonchev–Trinajstić information content (AvgIpc) is 2.63. The third kappa shape index (κ3) is 20.1. The second-order valence-corrected chi connectivity index (χ2v) is 8.26. The van der Waals surface area contributed by atoms with Crippen molar-refractivity contribution in [3.05, 3.63) is 0 Å². The Balaban J connectivity index is 3.59. The Hall–Kier alpha value is -0.0400. The predicted molar refractivity (Wildman–Crippen MR) is 114 cm³/mol. The van der Waals surface area contributed by atoms with E-state index in [1.165, 1.54) is 122 Å². The molecular formula is C24H50O. The number of unbranched alkanes of at least 4 members (excludes halogenated alkanes) is 14. The van der Waals surface area contributed by atoms with Crippen LogP contribution < -0.4 is 0 Å². The van der Waals surface area contributed by atoms with Crippen LogP contribution >= 0.6 is 0 Å². The first kappa shape index (κ1) is 25.0. The Bertz CT molecular complexity index is 214. The van der Waals surface area contributed by atoms with E-state index in [9.17, 15) is 0 Å². The topological polar surface area (TPSA) is 20.2 Å². The van der Waals surface area contributed by atoms with Gasteiger partial charge in [-0.1, -0.05) is 136 Å². The molecular weight excluding hydrogens is 304 g/mol. The lowest BCUT2D eigenvalue weighted by atomic mass is 9.89. The van der Waals surface area contributed by atoms with Gasteiger partial charge in [-0.25, -0.2) is 0 Å². The first-order valence-corrected chi connectivity index (χ1v) is 12.0. The third-order valence-corrected chi connectivity index (χ3v) is 5.70. The number of aliphatic hydroxyl groups excluding tert-OH is 1. The van der Waals surface area contributed by atoms with E-state index in [1.807, 2.05) is 0 Å². The highest BCUT2D eigenvalue weighted by Crippen LogP contribution is 2.24. The van der Waals surface area contributed by atoms with E-state index in [-0.39, 0.29) is 0 Å². The lowest BCUT2D eigenvalue weighted by molar-refractivity contribution is 0.282. The van der Waals surface area contributed by atoms with Gasteiger partial charge in [-0.05, 0) is 12.3 Å². The summed E-state index contributed by atoms with van der Waals surface area (Å²) >= 11 is 0. The summed E-state index contributed by atoms with van der Waals surface area (Å²) in [6, 6.07) is 0. The fraction of sp³-hybridized carbons (Fsp3) is 1.00. The van der Waals surface area contributed by atoms with Crippen molar-refractivity contribution in [1.29, 1.82) is 0 Å². The summed E-state index contributed by atoms with van der Waals surface area (Å²) < 4.78 is 0. The van der Waals surface area contributed by atoms with Gasteiger partial charge in [0.25, 0.3) is 0 Å². The standard InChI is InChI=1S/C24H50O/c1-3-5-7-16-20-24(21-17-8-6-4-2)22-18-14-12-10-9-11-13-15-19-23-25/h24-25H,3-23H2,1-2H3. The monoisotopic (exact) mass is 354 g/mol. The van der Waals surface area contributed by atoms with Gasteiger partial charge in [0.15, 0.2) is 0 Å². The van der Waals surface area contributed by atoms with Gasteiger partial charge in [-0.2, -0.15) is 0 Å². The van der Waals surface area contributed by atoms with Crippen molar-refractivity contribution in [1.82, 2.24) is 0 Å². The molecule has 0 saturated heterocycles. The first-order chi connectivity index (χ1) is 12.3. The lowest BCUT2D eigenvalue weighted by Crippen LogP contribution is -2.01. The highest BCUT2D eigenvalue weighted by atomic mass is 16.2. The van der Waals surface area contributed by atoms with Gasteiger partial charge in [-0.15, -0.1) is 0 Å². The highest BCUT2D eigenvalue weighted by molar-refractivity contribution is 4.62. The molecule has 0 aromatic carbocycles. The summed E-state index contributed by atoms with van der Waals surface area (Å²) in [4.78, 5) is 0. The van der Waals surface area contributed by atoms with Gasteiger partial charge < -0.3 is 5.11 Å². The van der Waals surface area contributed by atoms with Crippen molar-refractivity contribution in [2.24, 2.45) is 5.92 Å². The van der Waals surface area contributed by atoms with Crippen LogP contribution in [0.3, 0.4) is 0 Å². The number of rotatable bonds is 21. The van der Waals surface area contributed by atoms with Crippen molar-refractivity contribution in [2.75, 3.05) is 6.61 Å². The van der Waals surface area contributed by atoms with Crippen LogP contribution in [0.4, 0.5) is 0 Å². The molecule has 152 valence electrons. The van der Waals surface area contributed by atoms with Crippen molar-refractivity contribution < 1.29 is 5.11 Å². The number of aliphatic hydroxyl groups is 1. The maximum absolute atomic E-state index is 8.77. The van der Waals surface area contributed by atoms with Crippen LogP contribution in [-0.2, 0) is 0 Å². The van der Waals surface area contributed by atoms with Crippen LogP contribution in [-0.4, -0.2) is 11.7 Å². The SMILES string of the molecule is CCCCCCC(CCCCCC)CCCCCCCCCCCO.